The summed E-state index contributed by atoms with van der Waals surface area (Å²) in [5.74, 6) is 0. The third-order valence-corrected chi connectivity index (χ3v) is 7.19. The molecule has 1 aliphatic rings. The van der Waals surface area contributed by atoms with Crippen LogP contribution < -0.4 is 0 Å². The summed E-state index contributed by atoms with van der Waals surface area (Å²) in [7, 11) is 0. The van der Waals surface area contributed by atoms with E-state index in [1.807, 2.05) is 0 Å². The minimum absolute atomic E-state index is 0. The molecular weight excluding hydrogens is 483 g/mol. The van der Waals surface area contributed by atoms with Gasteiger partial charge in [-0.05, 0) is 73.9 Å². The van der Waals surface area contributed by atoms with Crippen LogP contribution in [-0.4, -0.2) is 4.70 Å². The van der Waals surface area contributed by atoms with Crippen LogP contribution in [0.15, 0.2) is 60.2 Å². The zero-order valence-corrected chi connectivity index (χ0v) is 23.8. The molecule has 1 heterocycles. The van der Waals surface area contributed by atoms with Crippen LogP contribution in [0.25, 0.3) is 16.9 Å². The van der Waals surface area contributed by atoms with E-state index in [1.54, 1.807) is 0 Å². The average molecular weight is 529 g/mol. The second-order valence-corrected chi connectivity index (χ2v) is 10.2. The molecule has 0 aromatic heterocycles. The average Bonchev–Trinajstić information content (AvgIpc) is 3.21. The first-order valence-corrected chi connectivity index (χ1v) is 14.3. The van der Waals surface area contributed by atoms with E-state index < -0.39 is 0 Å². The summed E-state index contributed by atoms with van der Waals surface area (Å²) < 4.78 is 1.45. The first-order chi connectivity index (χ1) is 17.2. The van der Waals surface area contributed by atoms with Crippen LogP contribution in [0, 0.1) is 0 Å². The molecule has 1 aliphatic heterocycles. The van der Waals surface area contributed by atoms with Gasteiger partial charge in [0.25, 0.3) is 0 Å². The second kappa shape index (κ2) is 16.7. The fourth-order valence-electron chi connectivity index (χ4n) is 5.03. The summed E-state index contributed by atoms with van der Waals surface area (Å²) in [6, 6.07) is 17.6. The first-order valence-electron chi connectivity index (χ1n) is 14.3. The Hall–Kier alpha value is -1.99. The zero-order valence-electron chi connectivity index (χ0n) is 22.8. The van der Waals surface area contributed by atoms with Gasteiger partial charge in [-0.2, -0.15) is 0 Å². The van der Waals surface area contributed by atoms with Crippen molar-refractivity contribution in [2.45, 2.75) is 111 Å². The van der Waals surface area contributed by atoms with Crippen molar-refractivity contribution in [3.8, 4) is 0 Å². The van der Waals surface area contributed by atoms with Crippen LogP contribution in [0.4, 0.5) is 0 Å². The van der Waals surface area contributed by atoms with E-state index in [-0.39, 0.29) is 16.5 Å². The van der Waals surface area contributed by atoms with Gasteiger partial charge in [0.05, 0.1) is 0 Å². The van der Waals surface area contributed by atoms with Gasteiger partial charge in [-0.1, -0.05) is 96.4 Å². The molecule has 0 spiro atoms. The Bertz CT molecular complexity index is 1000. The van der Waals surface area contributed by atoms with Crippen LogP contribution in [0.5, 0.6) is 0 Å². The van der Waals surface area contributed by atoms with Gasteiger partial charge in [0.15, 0.2) is 0 Å². The number of hydrogen-bond donors (Lipinski definition) is 0. The van der Waals surface area contributed by atoms with Gasteiger partial charge < -0.3 is 5.53 Å². The fraction of sp³-hybridized carbons (Fsp3) is 0.515. The maximum atomic E-state index is 11.4. The Kier molecular flexibility index (Phi) is 14.0. The standard InChI is InChI=1S/C33H46N2.Ni/c1-4-7-10-11-12-14-17-28-18-15-20-30(25-28)33-31(19-9-6-3)26-32(35(33)34)29-23-21-27(22-24-29)16-13-8-5-2;/h15,18,20-26H,4-14,16-17,19H2,1-3H3;. The summed E-state index contributed by atoms with van der Waals surface area (Å²) in [4.78, 5) is 0. The van der Waals surface area contributed by atoms with Crippen molar-refractivity contribution < 1.29 is 21.2 Å². The van der Waals surface area contributed by atoms with Gasteiger partial charge in [-0.3, -0.25) is 0 Å². The number of nitrogens with zero attached hydrogens (tertiary/aromatic N) is 2. The summed E-state index contributed by atoms with van der Waals surface area (Å²) >= 11 is 0. The predicted octanol–water partition coefficient (Wildman–Crippen LogP) is 10.3. The number of allylic oxidation sites excluding steroid dienone is 2. The van der Waals surface area contributed by atoms with E-state index in [0.717, 1.165) is 54.6 Å². The molecule has 3 rings (SSSR count). The van der Waals surface area contributed by atoms with Crippen molar-refractivity contribution in [2.24, 2.45) is 0 Å². The molecule has 2 aromatic carbocycles. The second-order valence-electron chi connectivity index (χ2n) is 10.2. The van der Waals surface area contributed by atoms with Crippen LogP contribution in [-0.2, 0) is 29.3 Å². The van der Waals surface area contributed by atoms with Crippen LogP contribution in [0.2, 0.25) is 0 Å². The smallest absolute Gasteiger partial charge is 0.210 e. The van der Waals surface area contributed by atoms with Crippen molar-refractivity contribution in [1.29, 1.82) is 0 Å². The Morgan fingerprint density at radius 3 is 1.94 bits per heavy atom. The Morgan fingerprint density at radius 2 is 1.22 bits per heavy atom. The van der Waals surface area contributed by atoms with Gasteiger partial charge >= 0.3 is 0 Å². The minimum Gasteiger partial charge on any atom is -0.493 e. The van der Waals surface area contributed by atoms with Gasteiger partial charge in [-0.15, -0.1) is 0 Å². The SMILES string of the molecule is CCCCCCCCc1cccc(C2=C(CCCC)C=C(c3ccc(CCCCC)cc3)[N+]2=[N-])c1.[Ni]. The maximum absolute atomic E-state index is 11.4. The first kappa shape index (κ1) is 30.2. The topological polar surface area (TPSA) is 25.3 Å². The fourth-order valence-corrected chi connectivity index (χ4v) is 5.03. The number of aryl methyl sites for hydroxylation is 2. The molecule has 0 N–H and O–H groups in total. The molecule has 0 aliphatic carbocycles. The normalized spacial score (nSPS) is 13.2. The van der Waals surface area contributed by atoms with E-state index in [1.165, 1.54) is 79.2 Å². The maximum Gasteiger partial charge on any atom is 0.210 e. The largest absolute Gasteiger partial charge is 0.493 e. The van der Waals surface area contributed by atoms with Crippen molar-refractivity contribution in [1.82, 2.24) is 0 Å². The molecular formula is C33H46N2Ni. The van der Waals surface area contributed by atoms with Gasteiger partial charge in [0, 0.05) is 39.3 Å². The molecule has 0 fully saturated rings. The van der Waals surface area contributed by atoms with E-state index in [2.05, 4.69) is 75.4 Å². The Morgan fingerprint density at radius 1 is 0.611 bits per heavy atom. The van der Waals surface area contributed by atoms with Gasteiger partial charge in [-0.25, -0.2) is 4.70 Å². The summed E-state index contributed by atoms with van der Waals surface area (Å²) in [5.41, 5.74) is 19.4. The molecule has 36 heavy (non-hydrogen) atoms. The number of benzene rings is 2. The number of rotatable bonds is 16. The monoisotopic (exact) mass is 528 g/mol. The molecule has 0 radical (unpaired) electrons. The molecule has 0 saturated carbocycles. The van der Waals surface area contributed by atoms with Crippen LogP contribution in [0.3, 0.4) is 0 Å². The quantitative estimate of drug-likeness (QED) is 0.117. The minimum atomic E-state index is 0. The molecule has 2 aromatic rings. The van der Waals surface area contributed by atoms with E-state index in [9.17, 15) is 5.53 Å². The molecule has 2 nitrogen and oxygen atoms in total. The molecule has 0 amide bonds. The van der Waals surface area contributed by atoms with Gasteiger partial charge in [0.2, 0.25) is 11.4 Å². The Balaban J connectivity index is 0.00000456. The number of hydrogen-bond acceptors (Lipinski definition) is 0. The Labute approximate surface area is 230 Å². The van der Waals surface area contributed by atoms with E-state index in [4.69, 9.17) is 0 Å². The summed E-state index contributed by atoms with van der Waals surface area (Å²) in [5, 5.41) is 0. The third-order valence-electron chi connectivity index (χ3n) is 7.19. The summed E-state index contributed by atoms with van der Waals surface area (Å²) in [6.45, 7) is 6.75. The predicted molar refractivity (Wildman–Crippen MR) is 151 cm³/mol. The van der Waals surface area contributed by atoms with Crippen LogP contribution >= 0.6 is 0 Å². The van der Waals surface area contributed by atoms with Crippen molar-refractivity contribution in [3.63, 3.8) is 0 Å². The van der Waals surface area contributed by atoms with Crippen LogP contribution in [0.1, 0.15) is 120 Å². The molecule has 0 saturated heterocycles. The number of unbranched alkanes of at least 4 members (excludes halogenated alkanes) is 8. The van der Waals surface area contributed by atoms with Crippen molar-refractivity contribution in [2.75, 3.05) is 0 Å². The molecule has 0 unspecified atom stereocenters. The van der Waals surface area contributed by atoms with E-state index in [0.29, 0.717) is 0 Å². The summed E-state index contributed by atoms with van der Waals surface area (Å²) in [6.07, 6.45) is 19.4. The zero-order chi connectivity index (χ0) is 24.9. The molecule has 3 heteroatoms. The van der Waals surface area contributed by atoms with Crippen molar-refractivity contribution >= 4 is 11.4 Å². The third kappa shape index (κ3) is 8.84. The van der Waals surface area contributed by atoms with Gasteiger partial charge in [0.1, 0.15) is 0 Å². The van der Waals surface area contributed by atoms with E-state index >= 15 is 0 Å². The molecule has 0 bridgehead atoms. The molecule has 198 valence electrons. The molecule has 0 atom stereocenters. The van der Waals surface area contributed by atoms with Crippen molar-refractivity contribution in [3.05, 3.63) is 88.0 Å².